The highest BCUT2D eigenvalue weighted by molar-refractivity contribution is 7.92. The average molecular weight is 671 g/mol. The normalized spacial score (nSPS) is 11.9. The molecule has 7 nitrogen and oxygen atoms in total. The summed E-state index contributed by atoms with van der Waals surface area (Å²) in [5.74, 6) is -1.73. The van der Waals surface area contributed by atoms with E-state index in [4.69, 9.17) is 23.2 Å². The second kappa shape index (κ2) is 15.9. The summed E-state index contributed by atoms with van der Waals surface area (Å²) in [6, 6.07) is 26.1. The van der Waals surface area contributed by atoms with E-state index in [1.54, 1.807) is 24.3 Å². The standard InChI is InChI=1S/C34H34Cl2FN3O4S/c1-2-3-21-38-34(42)31(22-25-13-6-4-7-14-25)39(23-26-15-10-11-19-29(26)37)32(41)24-40(30-20-12-18-28(35)33(30)36)45(43,44)27-16-8-5-9-17-27/h4-20,31H,2-3,21-24H2,1H3,(H,38,42). The molecule has 0 spiro atoms. The van der Waals surface area contributed by atoms with Crippen molar-refractivity contribution in [3.63, 3.8) is 0 Å². The number of carbonyl (C=O) groups excluding carboxylic acids is 2. The summed E-state index contributed by atoms with van der Waals surface area (Å²) in [6.45, 7) is 1.35. The molecule has 4 rings (SSSR count). The third-order valence-electron chi connectivity index (χ3n) is 7.21. The van der Waals surface area contributed by atoms with Gasteiger partial charge in [-0.2, -0.15) is 0 Å². The van der Waals surface area contributed by atoms with Crippen LogP contribution in [0.5, 0.6) is 0 Å². The molecule has 0 aliphatic rings. The molecule has 0 heterocycles. The Morgan fingerprint density at radius 1 is 0.867 bits per heavy atom. The average Bonchev–Trinajstić information content (AvgIpc) is 3.04. The summed E-state index contributed by atoms with van der Waals surface area (Å²) >= 11 is 12.8. The van der Waals surface area contributed by atoms with Crippen LogP contribution in [0, 0.1) is 5.82 Å². The van der Waals surface area contributed by atoms with Gasteiger partial charge in [0.15, 0.2) is 0 Å². The fourth-order valence-corrected chi connectivity index (χ4v) is 6.68. The molecule has 0 saturated heterocycles. The number of nitrogens with one attached hydrogen (secondary N) is 1. The van der Waals surface area contributed by atoms with Crippen molar-refractivity contribution >= 4 is 50.7 Å². The molecule has 1 N–H and O–H groups in total. The van der Waals surface area contributed by atoms with Crippen molar-refractivity contribution in [3.8, 4) is 0 Å². The summed E-state index contributed by atoms with van der Waals surface area (Å²) in [6.07, 6.45) is 1.68. The number of benzene rings is 4. The highest BCUT2D eigenvalue weighted by Gasteiger charge is 2.35. The molecule has 0 fully saturated rings. The molecule has 4 aromatic carbocycles. The predicted octanol–water partition coefficient (Wildman–Crippen LogP) is 6.88. The molecular formula is C34H34Cl2FN3O4S. The molecule has 2 amide bonds. The summed E-state index contributed by atoms with van der Waals surface area (Å²) in [7, 11) is -4.36. The monoisotopic (exact) mass is 669 g/mol. The Balaban J connectivity index is 1.82. The van der Waals surface area contributed by atoms with Crippen molar-refractivity contribution in [3.05, 3.63) is 130 Å². The van der Waals surface area contributed by atoms with Crippen LogP contribution < -0.4 is 9.62 Å². The first-order valence-electron chi connectivity index (χ1n) is 14.5. The van der Waals surface area contributed by atoms with E-state index >= 15 is 4.39 Å². The number of anilines is 1. The highest BCUT2D eigenvalue weighted by Crippen LogP contribution is 2.35. The molecule has 0 radical (unpaired) electrons. The number of nitrogens with zero attached hydrogens (tertiary/aromatic N) is 2. The lowest BCUT2D eigenvalue weighted by Crippen LogP contribution is -2.53. The van der Waals surface area contributed by atoms with Gasteiger partial charge in [-0.3, -0.25) is 13.9 Å². The number of amides is 2. The van der Waals surface area contributed by atoms with Gasteiger partial charge in [-0.05, 0) is 42.3 Å². The number of unbranched alkanes of at least 4 members (excludes halogenated alkanes) is 1. The second-order valence-corrected chi connectivity index (χ2v) is 13.0. The van der Waals surface area contributed by atoms with Crippen LogP contribution in [0.3, 0.4) is 0 Å². The van der Waals surface area contributed by atoms with Crippen LogP contribution in [0.1, 0.15) is 30.9 Å². The van der Waals surface area contributed by atoms with Crippen LogP contribution in [-0.2, 0) is 32.6 Å². The Labute approximate surface area is 273 Å². The van der Waals surface area contributed by atoms with Crippen LogP contribution in [-0.4, -0.2) is 44.3 Å². The summed E-state index contributed by atoms with van der Waals surface area (Å²) in [5.41, 5.74) is 0.925. The number of rotatable bonds is 14. The molecule has 0 aromatic heterocycles. The summed E-state index contributed by atoms with van der Waals surface area (Å²) in [5, 5.41) is 2.93. The molecule has 4 aromatic rings. The summed E-state index contributed by atoms with van der Waals surface area (Å²) < 4.78 is 44.0. The Hall–Kier alpha value is -3.92. The highest BCUT2D eigenvalue weighted by atomic mass is 35.5. The second-order valence-electron chi connectivity index (χ2n) is 10.4. The quantitative estimate of drug-likeness (QED) is 0.148. The first kappa shape index (κ1) is 34.0. The van der Waals surface area contributed by atoms with Crippen LogP contribution in [0.25, 0.3) is 0 Å². The Morgan fingerprint density at radius 2 is 1.51 bits per heavy atom. The van der Waals surface area contributed by atoms with E-state index in [9.17, 15) is 18.0 Å². The summed E-state index contributed by atoms with van der Waals surface area (Å²) in [4.78, 5) is 29.3. The van der Waals surface area contributed by atoms with Gasteiger partial charge in [-0.1, -0.05) is 109 Å². The molecule has 0 aliphatic heterocycles. The minimum atomic E-state index is -4.36. The lowest BCUT2D eigenvalue weighted by Gasteiger charge is -2.34. The third-order valence-corrected chi connectivity index (χ3v) is 9.79. The van der Waals surface area contributed by atoms with E-state index in [1.807, 2.05) is 37.3 Å². The smallest absolute Gasteiger partial charge is 0.264 e. The molecule has 0 saturated carbocycles. The minimum Gasteiger partial charge on any atom is -0.354 e. The van der Waals surface area contributed by atoms with E-state index in [-0.39, 0.29) is 39.2 Å². The van der Waals surface area contributed by atoms with Crippen molar-refractivity contribution in [1.82, 2.24) is 10.2 Å². The third kappa shape index (κ3) is 8.63. The first-order valence-corrected chi connectivity index (χ1v) is 16.7. The van der Waals surface area contributed by atoms with Gasteiger partial charge in [0.1, 0.15) is 18.4 Å². The zero-order chi connectivity index (χ0) is 32.4. The van der Waals surface area contributed by atoms with Crippen LogP contribution in [0.15, 0.2) is 108 Å². The van der Waals surface area contributed by atoms with Gasteiger partial charge in [0.05, 0.1) is 20.6 Å². The van der Waals surface area contributed by atoms with E-state index in [1.165, 1.54) is 53.4 Å². The zero-order valence-corrected chi connectivity index (χ0v) is 27.0. The number of sulfonamides is 1. The van der Waals surface area contributed by atoms with E-state index in [0.29, 0.717) is 6.54 Å². The van der Waals surface area contributed by atoms with Crippen LogP contribution in [0.2, 0.25) is 10.0 Å². The van der Waals surface area contributed by atoms with Crippen molar-refractivity contribution < 1.29 is 22.4 Å². The van der Waals surface area contributed by atoms with Crippen molar-refractivity contribution in [1.29, 1.82) is 0 Å². The van der Waals surface area contributed by atoms with E-state index in [0.717, 1.165) is 22.7 Å². The molecule has 11 heteroatoms. The number of halogens is 3. The fraction of sp³-hybridized carbons (Fsp3) is 0.235. The number of hydrogen-bond donors (Lipinski definition) is 1. The Kier molecular flexibility index (Phi) is 12.0. The van der Waals surface area contributed by atoms with E-state index < -0.39 is 40.2 Å². The van der Waals surface area contributed by atoms with Gasteiger partial charge in [0, 0.05) is 25.1 Å². The SMILES string of the molecule is CCCCNC(=O)C(Cc1ccccc1)N(Cc1ccccc1F)C(=O)CN(c1cccc(Cl)c1Cl)S(=O)(=O)c1ccccc1. The van der Waals surface area contributed by atoms with Gasteiger partial charge in [0.25, 0.3) is 10.0 Å². The fourth-order valence-electron chi connectivity index (χ4n) is 4.79. The van der Waals surface area contributed by atoms with Crippen molar-refractivity contribution in [2.24, 2.45) is 0 Å². The van der Waals surface area contributed by atoms with Gasteiger partial charge >= 0.3 is 0 Å². The predicted molar refractivity (Wildman–Crippen MR) is 176 cm³/mol. The maximum absolute atomic E-state index is 15.0. The Bertz CT molecular complexity index is 1710. The molecule has 1 atom stereocenters. The minimum absolute atomic E-state index is 0.0146. The lowest BCUT2D eigenvalue weighted by molar-refractivity contribution is -0.140. The maximum Gasteiger partial charge on any atom is 0.264 e. The molecule has 0 bridgehead atoms. The first-order chi connectivity index (χ1) is 21.6. The van der Waals surface area contributed by atoms with Crippen LogP contribution >= 0.6 is 23.2 Å². The molecule has 236 valence electrons. The zero-order valence-electron chi connectivity index (χ0n) is 24.7. The maximum atomic E-state index is 15.0. The van der Waals surface area contributed by atoms with Gasteiger partial charge in [0.2, 0.25) is 11.8 Å². The topological polar surface area (TPSA) is 86.8 Å². The molecule has 0 aliphatic carbocycles. The largest absolute Gasteiger partial charge is 0.354 e. The number of hydrogen-bond acceptors (Lipinski definition) is 4. The van der Waals surface area contributed by atoms with E-state index in [2.05, 4.69) is 5.32 Å². The lowest BCUT2D eigenvalue weighted by atomic mass is 10.0. The van der Waals surface area contributed by atoms with Gasteiger partial charge in [-0.25, -0.2) is 12.8 Å². The molecule has 1 unspecified atom stereocenters. The molecule has 45 heavy (non-hydrogen) atoms. The van der Waals surface area contributed by atoms with Gasteiger partial charge < -0.3 is 10.2 Å². The number of carbonyl (C=O) groups is 2. The van der Waals surface area contributed by atoms with Crippen LogP contribution in [0.4, 0.5) is 10.1 Å². The Morgan fingerprint density at radius 3 is 2.18 bits per heavy atom. The van der Waals surface area contributed by atoms with Gasteiger partial charge in [-0.15, -0.1) is 0 Å². The van der Waals surface area contributed by atoms with Crippen molar-refractivity contribution in [2.45, 2.75) is 43.7 Å². The van der Waals surface area contributed by atoms with Crippen molar-refractivity contribution in [2.75, 3.05) is 17.4 Å². The molecular weight excluding hydrogens is 636 g/mol.